The molecule has 4 heteroatoms. The summed E-state index contributed by atoms with van der Waals surface area (Å²) in [7, 11) is 2.21. The van der Waals surface area contributed by atoms with Crippen LogP contribution in [0.1, 0.15) is 33.1 Å². The van der Waals surface area contributed by atoms with Crippen molar-refractivity contribution in [1.29, 1.82) is 0 Å². The lowest BCUT2D eigenvalue weighted by Crippen LogP contribution is -2.40. The Hall–Kier alpha value is -1.42. The van der Waals surface area contributed by atoms with Crippen LogP contribution in [0.15, 0.2) is 18.2 Å². The number of nitrogen functional groups attached to an aromatic ring is 1. The number of likely N-dealkylation sites (N-methyl/N-ethyl adjacent to an activating group) is 1. The zero-order chi connectivity index (χ0) is 14.5. The van der Waals surface area contributed by atoms with Crippen molar-refractivity contribution < 1.29 is 4.74 Å². The van der Waals surface area contributed by atoms with Crippen LogP contribution in [0.4, 0.5) is 11.4 Å². The topological polar surface area (TPSA) is 50.5 Å². The van der Waals surface area contributed by atoms with Gasteiger partial charge in [-0.2, -0.15) is 0 Å². The first kappa shape index (κ1) is 15.0. The van der Waals surface area contributed by atoms with E-state index in [-0.39, 0.29) is 6.10 Å². The summed E-state index contributed by atoms with van der Waals surface area (Å²) in [6.07, 6.45) is 4.06. The Kier molecular flexibility index (Phi) is 5.12. The quantitative estimate of drug-likeness (QED) is 0.813. The van der Waals surface area contributed by atoms with Crippen LogP contribution < -0.4 is 15.8 Å². The van der Waals surface area contributed by atoms with Crippen LogP contribution in [0.5, 0.6) is 5.75 Å². The average molecular weight is 277 g/mol. The zero-order valence-corrected chi connectivity index (χ0v) is 12.9. The van der Waals surface area contributed by atoms with Crippen molar-refractivity contribution in [2.75, 3.05) is 31.2 Å². The summed E-state index contributed by atoms with van der Waals surface area (Å²) in [6, 6.07) is 6.55. The molecule has 112 valence electrons. The Morgan fingerprint density at radius 2 is 2.20 bits per heavy atom. The lowest BCUT2D eigenvalue weighted by Gasteiger charge is -2.32. The van der Waals surface area contributed by atoms with Gasteiger partial charge in [0.2, 0.25) is 0 Å². The van der Waals surface area contributed by atoms with Gasteiger partial charge in [0.15, 0.2) is 0 Å². The van der Waals surface area contributed by atoms with Gasteiger partial charge in [0.25, 0.3) is 0 Å². The van der Waals surface area contributed by atoms with Crippen molar-refractivity contribution >= 4 is 11.4 Å². The van der Waals surface area contributed by atoms with Crippen molar-refractivity contribution in [2.45, 2.75) is 45.3 Å². The summed E-state index contributed by atoms with van der Waals surface area (Å²) in [4.78, 5) is 2.44. The van der Waals surface area contributed by atoms with Crippen molar-refractivity contribution in [2.24, 2.45) is 0 Å². The highest BCUT2D eigenvalue weighted by Gasteiger charge is 2.18. The molecule has 0 aliphatic carbocycles. The molecular weight excluding hydrogens is 250 g/mol. The highest BCUT2D eigenvalue weighted by atomic mass is 16.5. The van der Waals surface area contributed by atoms with E-state index in [4.69, 9.17) is 10.5 Å². The highest BCUT2D eigenvalue weighted by molar-refractivity contribution is 5.61. The summed E-state index contributed by atoms with van der Waals surface area (Å²) >= 11 is 0. The predicted octanol–water partition coefficient (Wildman–Crippen LogP) is 2.95. The molecule has 1 aliphatic heterocycles. The molecule has 0 saturated carbocycles. The summed E-state index contributed by atoms with van der Waals surface area (Å²) in [5.41, 5.74) is 7.71. The molecule has 1 aromatic rings. The summed E-state index contributed by atoms with van der Waals surface area (Å²) in [5, 5.41) is 3.51. The number of nitrogens with zero attached hydrogens (tertiary/aromatic N) is 1. The SMILES string of the molecule is CC(C)Oc1cc(NCC2CCCCN2C)ccc1N. The zero-order valence-electron chi connectivity index (χ0n) is 12.9. The second-order valence-electron chi connectivity index (χ2n) is 5.93. The predicted molar refractivity (Wildman–Crippen MR) is 85.4 cm³/mol. The third kappa shape index (κ3) is 4.04. The number of nitrogens with one attached hydrogen (secondary N) is 1. The van der Waals surface area contributed by atoms with Gasteiger partial charge in [-0.25, -0.2) is 0 Å². The summed E-state index contributed by atoms with van der Waals surface area (Å²) < 4.78 is 5.72. The maximum Gasteiger partial charge on any atom is 0.144 e. The minimum atomic E-state index is 0.136. The molecule has 0 aromatic heterocycles. The van der Waals surface area contributed by atoms with E-state index in [2.05, 4.69) is 17.3 Å². The van der Waals surface area contributed by atoms with E-state index in [1.807, 2.05) is 32.0 Å². The Balaban J connectivity index is 1.95. The molecule has 0 radical (unpaired) electrons. The van der Waals surface area contributed by atoms with E-state index in [0.29, 0.717) is 11.7 Å². The van der Waals surface area contributed by atoms with Gasteiger partial charge in [-0.3, -0.25) is 0 Å². The molecule has 4 nitrogen and oxygen atoms in total. The fourth-order valence-electron chi connectivity index (χ4n) is 2.64. The van der Waals surface area contributed by atoms with Gasteiger partial charge >= 0.3 is 0 Å². The molecule has 1 fully saturated rings. The number of piperidine rings is 1. The minimum Gasteiger partial charge on any atom is -0.489 e. The van der Waals surface area contributed by atoms with Crippen LogP contribution in [0, 0.1) is 0 Å². The lowest BCUT2D eigenvalue weighted by molar-refractivity contribution is 0.194. The van der Waals surface area contributed by atoms with Crippen molar-refractivity contribution in [3.63, 3.8) is 0 Å². The molecule has 2 rings (SSSR count). The maximum atomic E-state index is 5.94. The second kappa shape index (κ2) is 6.84. The van der Waals surface area contributed by atoms with Gasteiger partial charge in [-0.1, -0.05) is 6.42 Å². The number of nitrogens with two attached hydrogens (primary N) is 1. The van der Waals surface area contributed by atoms with Crippen LogP contribution in [0.2, 0.25) is 0 Å². The van der Waals surface area contributed by atoms with Gasteiger partial charge < -0.3 is 20.7 Å². The number of hydrogen-bond acceptors (Lipinski definition) is 4. The second-order valence-corrected chi connectivity index (χ2v) is 5.93. The first-order valence-electron chi connectivity index (χ1n) is 7.56. The van der Waals surface area contributed by atoms with E-state index in [1.54, 1.807) is 0 Å². The number of anilines is 2. The van der Waals surface area contributed by atoms with E-state index < -0.39 is 0 Å². The normalized spacial score (nSPS) is 20.1. The van der Waals surface area contributed by atoms with Crippen LogP contribution >= 0.6 is 0 Å². The fraction of sp³-hybridized carbons (Fsp3) is 0.625. The Labute approximate surface area is 122 Å². The van der Waals surface area contributed by atoms with Crippen LogP contribution in [-0.4, -0.2) is 37.2 Å². The van der Waals surface area contributed by atoms with Gasteiger partial charge in [-0.15, -0.1) is 0 Å². The maximum absolute atomic E-state index is 5.94. The van der Waals surface area contributed by atoms with E-state index in [0.717, 1.165) is 18.0 Å². The Morgan fingerprint density at radius 3 is 2.90 bits per heavy atom. The minimum absolute atomic E-state index is 0.136. The molecule has 1 unspecified atom stereocenters. The third-order valence-corrected chi connectivity index (χ3v) is 3.84. The molecule has 0 spiro atoms. The standard InChI is InChI=1S/C16H27N3O/c1-12(2)20-16-10-13(7-8-15(16)17)18-11-14-6-4-5-9-19(14)3/h7-8,10,12,14,18H,4-6,9,11,17H2,1-3H3. The molecule has 1 aromatic carbocycles. The van der Waals surface area contributed by atoms with Crippen molar-refractivity contribution in [3.05, 3.63) is 18.2 Å². The van der Waals surface area contributed by atoms with Crippen molar-refractivity contribution in [3.8, 4) is 5.75 Å². The molecule has 1 saturated heterocycles. The Bertz CT molecular complexity index is 434. The lowest BCUT2D eigenvalue weighted by atomic mass is 10.0. The number of benzene rings is 1. The number of ether oxygens (including phenoxy) is 1. The molecule has 1 aliphatic rings. The average Bonchev–Trinajstić information content (AvgIpc) is 2.40. The van der Waals surface area contributed by atoms with Gasteiger partial charge in [0, 0.05) is 24.3 Å². The van der Waals surface area contributed by atoms with E-state index >= 15 is 0 Å². The van der Waals surface area contributed by atoms with E-state index in [9.17, 15) is 0 Å². The molecule has 0 bridgehead atoms. The smallest absolute Gasteiger partial charge is 0.144 e. The Morgan fingerprint density at radius 1 is 1.40 bits per heavy atom. The molecule has 3 N–H and O–H groups in total. The largest absolute Gasteiger partial charge is 0.489 e. The first-order chi connectivity index (χ1) is 9.56. The highest BCUT2D eigenvalue weighted by Crippen LogP contribution is 2.27. The van der Waals surface area contributed by atoms with Crippen LogP contribution in [0.3, 0.4) is 0 Å². The molecule has 20 heavy (non-hydrogen) atoms. The number of rotatable bonds is 5. The van der Waals surface area contributed by atoms with Crippen LogP contribution in [0.25, 0.3) is 0 Å². The van der Waals surface area contributed by atoms with Gasteiger partial charge in [-0.05, 0) is 52.4 Å². The van der Waals surface area contributed by atoms with Crippen LogP contribution in [-0.2, 0) is 0 Å². The third-order valence-electron chi connectivity index (χ3n) is 3.84. The van der Waals surface area contributed by atoms with Crippen molar-refractivity contribution in [1.82, 2.24) is 4.90 Å². The fourth-order valence-corrected chi connectivity index (χ4v) is 2.64. The summed E-state index contributed by atoms with van der Waals surface area (Å²) in [5.74, 6) is 0.766. The molecule has 1 atom stereocenters. The summed E-state index contributed by atoms with van der Waals surface area (Å²) in [6.45, 7) is 6.20. The van der Waals surface area contributed by atoms with E-state index in [1.165, 1.54) is 25.8 Å². The van der Waals surface area contributed by atoms with Gasteiger partial charge in [0.1, 0.15) is 5.75 Å². The number of likely N-dealkylation sites (tertiary alicyclic amines) is 1. The van der Waals surface area contributed by atoms with Gasteiger partial charge in [0.05, 0.1) is 11.8 Å². The number of hydrogen-bond donors (Lipinski definition) is 2. The molecule has 0 amide bonds. The first-order valence-corrected chi connectivity index (χ1v) is 7.56. The molecule has 1 heterocycles. The monoisotopic (exact) mass is 277 g/mol. The molecular formula is C16H27N3O.